The Bertz CT molecular complexity index is 953. The largest absolute Gasteiger partial charge is 0.457 e. The Labute approximate surface area is 150 Å². The molecular formula is C17H16N2O6S. The van der Waals surface area contributed by atoms with E-state index >= 15 is 0 Å². The molecule has 0 unspecified atom stereocenters. The van der Waals surface area contributed by atoms with Crippen molar-refractivity contribution in [2.24, 2.45) is 0 Å². The van der Waals surface area contributed by atoms with E-state index in [2.05, 4.69) is 4.72 Å². The van der Waals surface area contributed by atoms with Gasteiger partial charge in [-0.1, -0.05) is 18.2 Å². The summed E-state index contributed by atoms with van der Waals surface area (Å²) in [6, 6.07) is 11.4. The topological polar surface area (TPSA) is 116 Å². The first-order valence-corrected chi connectivity index (χ1v) is 9.37. The van der Waals surface area contributed by atoms with Gasteiger partial charge in [-0.3, -0.25) is 10.1 Å². The molecule has 1 saturated carbocycles. The summed E-state index contributed by atoms with van der Waals surface area (Å²) in [5, 5.41) is 11.0. The average Bonchev–Trinajstić information content (AvgIpc) is 3.43. The highest BCUT2D eigenvalue weighted by atomic mass is 32.2. The van der Waals surface area contributed by atoms with Crippen molar-refractivity contribution in [3.05, 3.63) is 69.8 Å². The second-order valence-electron chi connectivity index (χ2n) is 5.89. The van der Waals surface area contributed by atoms with Crippen LogP contribution in [0.4, 0.5) is 5.69 Å². The smallest absolute Gasteiger partial charge is 0.338 e. The first-order chi connectivity index (χ1) is 12.4. The third-order valence-electron chi connectivity index (χ3n) is 3.83. The van der Waals surface area contributed by atoms with Gasteiger partial charge in [0.1, 0.15) is 6.61 Å². The minimum absolute atomic E-state index is 0.0236. The highest BCUT2D eigenvalue weighted by Crippen LogP contribution is 2.23. The molecule has 0 bridgehead atoms. The number of rotatable bonds is 7. The molecule has 1 fully saturated rings. The van der Waals surface area contributed by atoms with Crippen molar-refractivity contribution in [1.29, 1.82) is 0 Å². The number of hydrogen-bond donors (Lipinski definition) is 1. The SMILES string of the molecule is O=C(OCc1ccccc1[N+](=O)[O-])c1cccc(S(=O)(=O)NC2CC2)c1. The Morgan fingerprint density at radius 3 is 2.62 bits per heavy atom. The summed E-state index contributed by atoms with van der Waals surface area (Å²) in [5.74, 6) is -0.758. The highest BCUT2D eigenvalue weighted by molar-refractivity contribution is 7.89. The lowest BCUT2D eigenvalue weighted by Crippen LogP contribution is -2.25. The normalized spacial score (nSPS) is 14.0. The van der Waals surface area contributed by atoms with Crippen LogP contribution in [0.3, 0.4) is 0 Å². The van der Waals surface area contributed by atoms with E-state index in [0.29, 0.717) is 0 Å². The Balaban J connectivity index is 1.73. The molecule has 8 nitrogen and oxygen atoms in total. The number of hydrogen-bond acceptors (Lipinski definition) is 6. The predicted molar refractivity (Wildman–Crippen MR) is 92.0 cm³/mol. The monoisotopic (exact) mass is 376 g/mol. The van der Waals surface area contributed by atoms with E-state index in [1.54, 1.807) is 6.07 Å². The van der Waals surface area contributed by atoms with Gasteiger partial charge in [0.15, 0.2) is 0 Å². The molecule has 0 saturated heterocycles. The van der Waals surface area contributed by atoms with Crippen molar-refractivity contribution in [3.8, 4) is 0 Å². The number of sulfonamides is 1. The molecule has 136 valence electrons. The van der Waals surface area contributed by atoms with Gasteiger partial charge in [0.2, 0.25) is 10.0 Å². The number of para-hydroxylation sites is 1. The maximum Gasteiger partial charge on any atom is 0.338 e. The van der Waals surface area contributed by atoms with Crippen LogP contribution in [0.25, 0.3) is 0 Å². The van der Waals surface area contributed by atoms with Gasteiger partial charge >= 0.3 is 5.97 Å². The summed E-state index contributed by atoms with van der Waals surface area (Å²) in [5.41, 5.74) is 0.164. The molecule has 0 spiro atoms. The van der Waals surface area contributed by atoms with Gasteiger partial charge in [-0.05, 0) is 37.1 Å². The maximum absolute atomic E-state index is 12.2. The van der Waals surface area contributed by atoms with Gasteiger partial charge in [0.05, 0.1) is 20.9 Å². The number of nitro groups is 1. The molecule has 0 radical (unpaired) electrons. The molecule has 3 rings (SSSR count). The van der Waals surface area contributed by atoms with E-state index in [0.717, 1.165) is 12.8 Å². The second kappa shape index (κ2) is 7.22. The number of nitro benzene ring substituents is 1. The Morgan fingerprint density at radius 2 is 1.92 bits per heavy atom. The van der Waals surface area contributed by atoms with Gasteiger partial charge in [-0.15, -0.1) is 0 Å². The molecule has 0 heterocycles. The molecule has 0 amide bonds. The van der Waals surface area contributed by atoms with E-state index in [9.17, 15) is 23.3 Å². The van der Waals surface area contributed by atoms with Gasteiger partial charge in [-0.2, -0.15) is 0 Å². The fourth-order valence-corrected chi connectivity index (χ4v) is 3.67. The summed E-state index contributed by atoms with van der Waals surface area (Å²) in [6.07, 6.45) is 1.60. The molecule has 2 aromatic carbocycles. The Hall–Kier alpha value is -2.78. The minimum atomic E-state index is -3.69. The van der Waals surface area contributed by atoms with Crippen LogP contribution in [0.1, 0.15) is 28.8 Å². The zero-order valence-corrected chi connectivity index (χ0v) is 14.4. The van der Waals surface area contributed by atoms with Crippen LogP contribution in [0.15, 0.2) is 53.4 Å². The predicted octanol–water partition coefficient (Wildman–Crippen LogP) is 2.39. The number of carbonyl (C=O) groups is 1. The zero-order chi connectivity index (χ0) is 18.7. The lowest BCUT2D eigenvalue weighted by atomic mass is 10.2. The third kappa shape index (κ3) is 4.24. The quantitative estimate of drug-likeness (QED) is 0.451. The van der Waals surface area contributed by atoms with Crippen LogP contribution in [-0.2, 0) is 21.4 Å². The molecule has 26 heavy (non-hydrogen) atoms. The Morgan fingerprint density at radius 1 is 1.19 bits per heavy atom. The molecule has 0 aromatic heterocycles. The molecule has 2 aromatic rings. The number of nitrogens with zero attached hydrogens (tertiary/aromatic N) is 1. The van der Waals surface area contributed by atoms with E-state index < -0.39 is 20.9 Å². The van der Waals surface area contributed by atoms with Gasteiger partial charge in [0.25, 0.3) is 5.69 Å². The van der Waals surface area contributed by atoms with Crippen molar-refractivity contribution >= 4 is 21.7 Å². The molecule has 1 N–H and O–H groups in total. The van der Waals surface area contributed by atoms with Crippen molar-refractivity contribution in [3.63, 3.8) is 0 Å². The first kappa shape index (κ1) is 18.0. The van der Waals surface area contributed by atoms with Gasteiger partial charge in [0, 0.05) is 12.1 Å². The zero-order valence-electron chi connectivity index (χ0n) is 13.6. The van der Waals surface area contributed by atoms with Crippen molar-refractivity contribution in [2.75, 3.05) is 0 Å². The standard InChI is InChI=1S/C17H16N2O6S/c20-17(25-11-13-4-1-2-7-16(13)19(21)22)12-5-3-6-15(10-12)26(23,24)18-14-8-9-14/h1-7,10,14,18H,8-9,11H2. The molecular weight excluding hydrogens is 360 g/mol. The fourth-order valence-electron chi connectivity index (χ4n) is 2.32. The lowest BCUT2D eigenvalue weighted by Gasteiger charge is -2.08. The Kier molecular flexibility index (Phi) is 5.01. The molecule has 0 aliphatic heterocycles. The van der Waals surface area contributed by atoms with E-state index in [1.807, 2.05) is 0 Å². The highest BCUT2D eigenvalue weighted by Gasteiger charge is 2.28. The number of esters is 1. The number of benzene rings is 2. The van der Waals surface area contributed by atoms with E-state index in [-0.39, 0.29) is 34.4 Å². The molecule has 1 aliphatic carbocycles. The van der Waals surface area contributed by atoms with Gasteiger partial charge < -0.3 is 4.74 Å². The van der Waals surface area contributed by atoms with E-state index in [1.165, 1.54) is 42.5 Å². The van der Waals surface area contributed by atoms with Crippen LogP contribution in [0.2, 0.25) is 0 Å². The maximum atomic E-state index is 12.2. The van der Waals surface area contributed by atoms with Crippen LogP contribution in [0.5, 0.6) is 0 Å². The van der Waals surface area contributed by atoms with E-state index in [4.69, 9.17) is 4.74 Å². The minimum Gasteiger partial charge on any atom is -0.457 e. The fraction of sp³-hybridized carbons (Fsp3) is 0.235. The van der Waals surface area contributed by atoms with Crippen LogP contribution >= 0.6 is 0 Å². The molecule has 9 heteroatoms. The average molecular weight is 376 g/mol. The summed E-state index contributed by atoms with van der Waals surface area (Å²) in [7, 11) is -3.69. The summed E-state index contributed by atoms with van der Waals surface area (Å²) >= 11 is 0. The summed E-state index contributed by atoms with van der Waals surface area (Å²) in [4.78, 5) is 22.6. The van der Waals surface area contributed by atoms with Crippen LogP contribution < -0.4 is 4.72 Å². The van der Waals surface area contributed by atoms with Crippen molar-refractivity contribution in [2.45, 2.75) is 30.4 Å². The number of carbonyl (C=O) groups excluding carboxylic acids is 1. The van der Waals surface area contributed by atoms with Crippen molar-refractivity contribution in [1.82, 2.24) is 4.72 Å². The lowest BCUT2D eigenvalue weighted by molar-refractivity contribution is -0.385. The summed E-state index contributed by atoms with van der Waals surface area (Å²) < 4.78 is 32.1. The second-order valence-corrected chi connectivity index (χ2v) is 7.60. The van der Waals surface area contributed by atoms with Crippen LogP contribution in [-0.4, -0.2) is 25.4 Å². The molecule has 1 aliphatic rings. The first-order valence-electron chi connectivity index (χ1n) is 7.88. The van der Waals surface area contributed by atoms with Crippen molar-refractivity contribution < 1.29 is 22.9 Å². The van der Waals surface area contributed by atoms with Crippen LogP contribution in [0, 0.1) is 10.1 Å². The third-order valence-corrected chi connectivity index (χ3v) is 5.34. The summed E-state index contributed by atoms with van der Waals surface area (Å²) in [6.45, 7) is -0.284. The number of ether oxygens (including phenoxy) is 1. The number of nitrogens with one attached hydrogen (secondary N) is 1. The van der Waals surface area contributed by atoms with Gasteiger partial charge in [-0.25, -0.2) is 17.9 Å². The molecule has 0 atom stereocenters.